The highest BCUT2D eigenvalue weighted by molar-refractivity contribution is 7.99. The predicted octanol–water partition coefficient (Wildman–Crippen LogP) is 6.51. The highest BCUT2D eigenvalue weighted by atomic mass is 32.2. The number of hydrogen-bond acceptors (Lipinski definition) is 1. The smallest absolute Gasteiger partial charge is 0.0122 e. The minimum Gasteiger partial charge on any atom is -0.0901 e. The lowest BCUT2D eigenvalue weighted by atomic mass is 10.2. The van der Waals surface area contributed by atoms with Gasteiger partial charge in [-0.25, -0.2) is 0 Å². The molecule has 0 aliphatic heterocycles. The maximum atomic E-state index is 2.17. The lowest BCUT2D eigenvalue weighted by molar-refractivity contribution is 1.34. The molecule has 0 saturated heterocycles. The predicted molar refractivity (Wildman–Crippen MR) is 89.2 cm³/mol. The van der Waals surface area contributed by atoms with Crippen molar-refractivity contribution in [2.24, 2.45) is 0 Å². The van der Waals surface area contributed by atoms with Gasteiger partial charge in [0.1, 0.15) is 0 Å². The molecule has 0 nitrogen and oxygen atoms in total. The maximum absolute atomic E-state index is 2.17. The summed E-state index contributed by atoms with van der Waals surface area (Å²) in [4.78, 5) is 2.59. The standard InChI is InChI=1S/C14H14S.2C2H6/c1-11-3-7-13(8-4-11)15-14-9-5-12(2)6-10-14;2*1-2/h3-10H,1-2H3;2*1-2H3. The maximum Gasteiger partial charge on any atom is 0.0122 e. The van der Waals surface area contributed by atoms with Gasteiger partial charge in [-0.2, -0.15) is 0 Å². The fourth-order valence-electron chi connectivity index (χ4n) is 1.35. The van der Waals surface area contributed by atoms with Crippen LogP contribution in [0.4, 0.5) is 0 Å². The molecule has 0 fully saturated rings. The third kappa shape index (κ3) is 7.07. The van der Waals surface area contributed by atoms with Crippen molar-refractivity contribution >= 4 is 11.8 Å². The number of rotatable bonds is 2. The molecule has 104 valence electrons. The molecular formula is C18H26S. The second kappa shape index (κ2) is 10.7. The first-order valence-corrected chi connectivity index (χ1v) is 7.87. The van der Waals surface area contributed by atoms with Gasteiger partial charge in [0.15, 0.2) is 0 Å². The Morgan fingerprint density at radius 2 is 0.789 bits per heavy atom. The van der Waals surface area contributed by atoms with Crippen molar-refractivity contribution < 1.29 is 0 Å². The fraction of sp³-hybridized carbons (Fsp3) is 0.333. The lowest BCUT2D eigenvalue weighted by Crippen LogP contribution is -1.76. The van der Waals surface area contributed by atoms with Crippen LogP contribution in [-0.2, 0) is 0 Å². The molecule has 0 aliphatic carbocycles. The van der Waals surface area contributed by atoms with Gasteiger partial charge >= 0.3 is 0 Å². The topological polar surface area (TPSA) is 0 Å². The van der Waals surface area contributed by atoms with E-state index in [-0.39, 0.29) is 0 Å². The van der Waals surface area contributed by atoms with Gasteiger partial charge in [-0.1, -0.05) is 74.8 Å². The Hall–Kier alpha value is -1.21. The summed E-state index contributed by atoms with van der Waals surface area (Å²) in [5.41, 5.74) is 2.62. The Balaban J connectivity index is 0.000000741. The number of hydrogen-bond donors (Lipinski definition) is 0. The Labute approximate surface area is 123 Å². The first-order valence-electron chi connectivity index (χ1n) is 7.05. The van der Waals surface area contributed by atoms with Crippen molar-refractivity contribution in [2.75, 3.05) is 0 Å². The molecule has 2 aromatic rings. The van der Waals surface area contributed by atoms with Crippen LogP contribution in [0.25, 0.3) is 0 Å². The quantitative estimate of drug-likeness (QED) is 0.601. The van der Waals surface area contributed by atoms with Crippen molar-refractivity contribution in [3.8, 4) is 0 Å². The van der Waals surface area contributed by atoms with Gasteiger partial charge < -0.3 is 0 Å². The van der Waals surface area contributed by atoms with Crippen LogP contribution in [0, 0.1) is 13.8 Å². The van der Waals surface area contributed by atoms with E-state index in [0.29, 0.717) is 0 Å². The van der Waals surface area contributed by atoms with Crippen molar-refractivity contribution in [1.82, 2.24) is 0 Å². The summed E-state index contributed by atoms with van der Waals surface area (Å²) in [6.45, 7) is 12.2. The zero-order valence-electron chi connectivity index (χ0n) is 13.0. The van der Waals surface area contributed by atoms with E-state index in [1.54, 1.807) is 11.8 Å². The van der Waals surface area contributed by atoms with Gasteiger partial charge in [0.2, 0.25) is 0 Å². The molecule has 0 aliphatic rings. The van der Waals surface area contributed by atoms with Crippen molar-refractivity contribution in [2.45, 2.75) is 51.3 Å². The number of aryl methyl sites for hydroxylation is 2. The minimum absolute atomic E-state index is 1.30. The molecule has 0 heterocycles. The van der Waals surface area contributed by atoms with E-state index < -0.39 is 0 Å². The molecule has 1 heteroatoms. The Morgan fingerprint density at radius 1 is 0.526 bits per heavy atom. The summed E-state index contributed by atoms with van der Waals surface area (Å²) < 4.78 is 0. The Bertz CT molecular complexity index is 383. The van der Waals surface area contributed by atoms with Crippen molar-refractivity contribution in [3.05, 3.63) is 59.7 Å². The molecular weight excluding hydrogens is 248 g/mol. The van der Waals surface area contributed by atoms with Gasteiger partial charge in [0.05, 0.1) is 0 Å². The minimum atomic E-state index is 1.30. The van der Waals surface area contributed by atoms with Gasteiger partial charge in [-0.3, -0.25) is 0 Å². The van der Waals surface area contributed by atoms with Crippen molar-refractivity contribution in [1.29, 1.82) is 0 Å². The summed E-state index contributed by atoms with van der Waals surface area (Å²) in [6.07, 6.45) is 0. The fourth-order valence-corrected chi connectivity index (χ4v) is 2.17. The summed E-state index contributed by atoms with van der Waals surface area (Å²) in [5.74, 6) is 0. The van der Waals surface area contributed by atoms with Gasteiger partial charge in [0, 0.05) is 9.79 Å². The Morgan fingerprint density at radius 3 is 1.05 bits per heavy atom. The van der Waals surface area contributed by atoms with E-state index >= 15 is 0 Å². The second-order valence-electron chi connectivity index (χ2n) is 3.73. The highest BCUT2D eigenvalue weighted by Gasteiger charge is 1.96. The molecule has 0 N–H and O–H groups in total. The highest BCUT2D eigenvalue weighted by Crippen LogP contribution is 2.27. The van der Waals surface area contributed by atoms with Crippen LogP contribution < -0.4 is 0 Å². The molecule has 0 amide bonds. The first-order chi connectivity index (χ1) is 9.24. The molecule has 0 unspecified atom stereocenters. The Kier molecular flexibility index (Phi) is 10.0. The van der Waals surface area contributed by atoms with E-state index in [2.05, 4.69) is 62.4 Å². The zero-order chi connectivity index (χ0) is 14.7. The van der Waals surface area contributed by atoms with E-state index in [1.165, 1.54) is 20.9 Å². The third-order valence-corrected chi connectivity index (χ3v) is 3.29. The summed E-state index contributed by atoms with van der Waals surface area (Å²) >= 11 is 1.80. The van der Waals surface area contributed by atoms with Crippen molar-refractivity contribution in [3.63, 3.8) is 0 Å². The van der Waals surface area contributed by atoms with Gasteiger partial charge in [-0.15, -0.1) is 0 Å². The molecule has 0 radical (unpaired) electrons. The second-order valence-corrected chi connectivity index (χ2v) is 4.88. The zero-order valence-corrected chi connectivity index (χ0v) is 13.8. The van der Waals surface area contributed by atoms with Crippen LogP contribution in [0.15, 0.2) is 58.3 Å². The average Bonchev–Trinajstić information content (AvgIpc) is 2.48. The third-order valence-electron chi connectivity index (χ3n) is 2.28. The van der Waals surface area contributed by atoms with Crippen LogP contribution in [0.1, 0.15) is 38.8 Å². The van der Waals surface area contributed by atoms with Crippen LogP contribution in [0.3, 0.4) is 0 Å². The first kappa shape index (κ1) is 17.8. The lowest BCUT2D eigenvalue weighted by Gasteiger charge is -2.02. The normalized spacial score (nSPS) is 8.74. The molecule has 0 aromatic heterocycles. The van der Waals surface area contributed by atoms with Gasteiger partial charge in [0.25, 0.3) is 0 Å². The molecule has 0 spiro atoms. The molecule has 0 saturated carbocycles. The van der Waals surface area contributed by atoms with E-state index in [0.717, 1.165) is 0 Å². The summed E-state index contributed by atoms with van der Waals surface area (Å²) in [6, 6.07) is 17.3. The van der Waals surface area contributed by atoms with E-state index in [1.807, 2.05) is 27.7 Å². The van der Waals surface area contributed by atoms with E-state index in [9.17, 15) is 0 Å². The number of benzene rings is 2. The molecule has 2 aromatic carbocycles. The summed E-state index contributed by atoms with van der Waals surface area (Å²) in [5, 5.41) is 0. The van der Waals surface area contributed by atoms with Crippen LogP contribution >= 0.6 is 11.8 Å². The molecule has 19 heavy (non-hydrogen) atoms. The molecule has 0 atom stereocenters. The van der Waals surface area contributed by atoms with Crippen LogP contribution in [0.2, 0.25) is 0 Å². The largest absolute Gasteiger partial charge is 0.0901 e. The average molecular weight is 274 g/mol. The van der Waals surface area contributed by atoms with E-state index in [4.69, 9.17) is 0 Å². The molecule has 0 bridgehead atoms. The SMILES string of the molecule is CC.CC.Cc1ccc(Sc2ccc(C)cc2)cc1. The van der Waals surface area contributed by atoms with Gasteiger partial charge in [-0.05, 0) is 38.1 Å². The van der Waals surface area contributed by atoms with Crippen LogP contribution in [0.5, 0.6) is 0 Å². The molecule has 2 rings (SSSR count). The summed E-state index contributed by atoms with van der Waals surface area (Å²) in [7, 11) is 0. The monoisotopic (exact) mass is 274 g/mol. The van der Waals surface area contributed by atoms with Crippen LogP contribution in [-0.4, -0.2) is 0 Å².